The summed E-state index contributed by atoms with van der Waals surface area (Å²) in [5.41, 5.74) is 0.596. The number of aryl methyl sites for hydroxylation is 1. The molecule has 0 saturated carbocycles. The van der Waals surface area contributed by atoms with Crippen molar-refractivity contribution in [3.05, 3.63) is 22.1 Å². The van der Waals surface area contributed by atoms with Gasteiger partial charge < -0.3 is 24.4 Å². The fourth-order valence-electron chi connectivity index (χ4n) is 3.26. The van der Waals surface area contributed by atoms with E-state index in [4.69, 9.17) is 14.2 Å². The molecule has 0 spiro atoms. The SMILES string of the molecule is CCc1nnc(C2CCN(C(=O)Nc3cc(OC)c(OC)c(OC)c3)CC2)s1. The van der Waals surface area contributed by atoms with Crippen LogP contribution in [0.25, 0.3) is 0 Å². The molecule has 1 fully saturated rings. The summed E-state index contributed by atoms with van der Waals surface area (Å²) < 4.78 is 16.0. The highest BCUT2D eigenvalue weighted by molar-refractivity contribution is 7.11. The summed E-state index contributed by atoms with van der Waals surface area (Å²) in [6.07, 6.45) is 2.69. The maximum Gasteiger partial charge on any atom is 0.321 e. The zero-order chi connectivity index (χ0) is 20.1. The Morgan fingerprint density at radius 1 is 1.14 bits per heavy atom. The van der Waals surface area contributed by atoms with Gasteiger partial charge in [-0.15, -0.1) is 21.5 Å². The van der Waals surface area contributed by atoms with Crippen LogP contribution >= 0.6 is 11.3 Å². The smallest absolute Gasteiger partial charge is 0.321 e. The van der Waals surface area contributed by atoms with Gasteiger partial charge in [-0.05, 0) is 19.3 Å². The molecule has 2 aromatic rings. The largest absolute Gasteiger partial charge is 0.493 e. The second-order valence-corrected chi connectivity index (χ2v) is 7.59. The number of likely N-dealkylation sites (tertiary alicyclic amines) is 1. The lowest BCUT2D eigenvalue weighted by Gasteiger charge is -2.31. The molecule has 28 heavy (non-hydrogen) atoms. The summed E-state index contributed by atoms with van der Waals surface area (Å²) in [6, 6.07) is 3.30. The number of aromatic nitrogens is 2. The minimum absolute atomic E-state index is 0.140. The number of carbonyl (C=O) groups excluding carboxylic acids is 1. The number of hydrogen-bond donors (Lipinski definition) is 1. The first-order valence-corrected chi connectivity index (χ1v) is 10.1. The van der Waals surface area contributed by atoms with Crippen molar-refractivity contribution in [2.75, 3.05) is 39.7 Å². The zero-order valence-electron chi connectivity index (χ0n) is 16.7. The highest BCUT2D eigenvalue weighted by Gasteiger charge is 2.26. The average Bonchev–Trinajstić information content (AvgIpc) is 3.22. The molecule has 0 atom stereocenters. The van der Waals surface area contributed by atoms with Crippen LogP contribution in [0, 0.1) is 0 Å². The number of nitrogens with one attached hydrogen (secondary N) is 1. The number of urea groups is 1. The van der Waals surface area contributed by atoms with E-state index in [1.54, 1.807) is 44.8 Å². The molecule has 3 rings (SSSR count). The van der Waals surface area contributed by atoms with Crippen molar-refractivity contribution in [3.63, 3.8) is 0 Å². The number of ether oxygens (including phenoxy) is 3. The van der Waals surface area contributed by atoms with E-state index >= 15 is 0 Å². The topological polar surface area (TPSA) is 85.8 Å². The van der Waals surface area contributed by atoms with Gasteiger partial charge in [0.1, 0.15) is 10.0 Å². The Kier molecular flexibility index (Phi) is 6.56. The van der Waals surface area contributed by atoms with E-state index in [0.29, 0.717) is 41.9 Å². The Morgan fingerprint density at radius 2 is 1.79 bits per heavy atom. The van der Waals surface area contributed by atoms with Gasteiger partial charge in [0.15, 0.2) is 11.5 Å². The number of piperidine rings is 1. The van der Waals surface area contributed by atoms with Crippen molar-refractivity contribution in [1.29, 1.82) is 0 Å². The number of hydrogen-bond acceptors (Lipinski definition) is 7. The second-order valence-electron chi connectivity index (χ2n) is 6.49. The minimum atomic E-state index is -0.140. The Hall–Kier alpha value is -2.55. The molecule has 1 N–H and O–H groups in total. The minimum Gasteiger partial charge on any atom is -0.493 e. The molecule has 2 heterocycles. The summed E-state index contributed by atoms with van der Waals surface area (Å²) >= 11 is 1.68. The van der Waals surface area contributed by atoms with Crippen LogP contribution in [0.1, 0.15) is 35.7 Å². The van der Waals surface area contributed by atoms with Gasteiger partial charge in [0, 0.05) is 31.1 Å². The summed E-state index contributed by atoms with van der Waals surface area (Å²) in [5.74, 6) is 1.87. The maximum absolute atomic E-state index is 12.7. The molecule has 1 aromatic heterocycles. The second kappa shape index (κ2) is 9.09. The van der Waals surface area contributed by atoms with Gasteiger partial charge in [-0.3, -0.25) is 0 Å². The van der Waals surface area contributed by atoms with Gasteiger partial charge in [0.25, 0.3) is 0 Å². The summed E-state index contributed by atoms with van der Waals surface area (Å²) in [7, 11) is 4.64. The molecule has 8 nitrogen and oxygen atoms in total. The third kappa shape index (κ3) is 4.30. The highest BCUT2D eigenvalue weighted by Crippen LogP contribution is 2.40. The first kappa shape index (κ1) is 20.2. The normalized spacial score (nSPS) is 14.6. The van der Waals surface area contributed by atoms with Crippen LogP contribution in [-0.4, -0.2) is 55.5 Å². The lowest BCUT2D eigenvalue weighted by molar-refractivity contribution is 0.194. The molecule has 1 saturated heterocycles. The van der Waals surface area contributed by atoms with E-state index in [0.717, 1.165) is 29.3 Å². The third-order valence-electron chi connectivity index (χ3n) is 4.83. The molecule has 1 aliphatic rings. The molecule has 2 amide bonds. The molecular formula is C19H26N4O4S. The molecule has 152 valence electrons. The molecule has 1 aliphatic heterocycles. The zero-order valence-corrected chi connectivity index (χ0v) is 17.5. The van der Waals surface area contributed by atoms with E-state index < -0.39 is 0 Å². The summed E-state index contributed by atoms with van der Waals surface area (Å²) in [4.78, 5) is 14.5. The van der Waals surface area contributed by atoms with E-state index in [-0.39, 0.29) is 6.03 Å². The van der Waals surface area contributed by atoms with Crippen LogP contribution in [0.15, 0.2) is 12.1 Å². The van der Waals surface area contributed by atoms with Gasteiger partial charge in [-0.1, -0.05) is 6.92 Å². The van der Waals surface area contributed by atoms with Crippen molar-refractivity contribution in [2.24, 2.45) is 0 Å². The molecule has 0 unspecified atom stereocenters. The quantitative estimate of drug-likeness (QED) is 0.790. The number of carbonyl (C=O) groups is 1. The predicted octanol–water partition coefficient (Wildman–Crippen LogP) is 3.54. The lowest BCUT2D eigenvalue weighted by atomic mass is 9.98. The van der Waals surface area contributed by atoms with E-state index in [9.17, 15) is 4.79 Å². The molecule has 1 aromatic carbocycles. The van der Waals surface area contributed by atoms with Crippen molar-refractivity contribution < 1.29 is 19.0 Å². The van der Waals surface area contributed by atoms with Gasteiger partial charge in [-0.25, -0.2) is 4.79 Å². The van der Waals surface area contributed by atoms with E-state index in [1.165, 1.54) is 0 Å². The number of anilines is 1. The first-order valence-electron chi connectivity index (χ1n) is 9.27. The van der Waals surface area contributed by atoms with Crippen LogP contribution < -0.4 is 19.5 Å². The average molecular weight is 407 g/mol. The third-order valence-corrected chi connectivity index (χ3v) is 6.06. The van der Waals surface area contributed by atoms with Crippen molar-refractivity contribution in [3.8, 4) is 17.2 Å². The molecule has 0 aliphatic carbocycles. The lowest BCUT2D eigenvalue weighted by Crippen LogP contribution is -2.40. The maximum atomic E-state index is 12.7. The fraction of sp³-hybridized carbons (Fsp3) is 0.526. The van der Waals surface area contributed by atoms with Gasteiger partial charge in [0.2, 0.25) is 5.75 Å². The van der Waals surface area contributed by atoms with Crippen LogP contribution in [0.3, 0.4) is 0 Å². The Balaban J connectivity index is 1.63. The van der Waals surface area contributed by atoms with E-state index in [1.807, 2.05) is 4.90 Å². The van der Waals surface area contributed by atoms with Crippen LogP contribution in [0.5, 0.6) is 17.2 Å². The molecule has 9 heteroatoms. The van der Waals surface area contributed by atoms with Crippen LogP contribution in [0.4, 0.5) is 10.5 Å². The van der Waals surface area contributed by atoms with Crippen molar-refractivity contribution in [1.82, 2.24) is 15.1 Å². The first-order chi connectivity index (χ1) is 13.6. The van der Waals surface area contributed by atoms with Crippen LogP contribution in [-0.2, 0) is 6.42 Å². The Bertz CT molecular complexity index is 793. The van der Waals surface area contributed by atoms with Gasteiger partial charge in [0.05, 0.1) is 27.0 Å². The summed E-state index contributed by atoms with van der Waals surface area (Å²) in [6.45, 7) is 3.45. The monoisotopic (exact) mass is 406 g/mol. The van der Waals surface area contributed by atoms with Crippen molar-refractivity contribution in [2.45, 2.75) is 32.1 Å². The molecule has 0 bridgehead atoms. The highest BCUT2D eigenvalue weighted by atomic mass is 32.1. The number of rotatable bonds is 6. The molecule has 0 radical (unpaired) electrons. The molecular weight excluding hydrogens is 380 g/mol. The number of nitrogens with zero attached hydrogens (tertiary/aromatic N) is 3. The van der Waals surface area contributed by atoms with Gasteiger partial charge >= 0.3 is 6.03 Å². The Morgan fingerprint density at radius 3 is 2.29 bits per heavy atom. The number of benzene rings is 1. The van der Waals surface area contributed by atoms with Crippen LogP contribution in [0.2, 0.25) is 0 Å². The number of amides is 2. The fourth-order valence-corrected chi connectivity index (χ4v) is 4.21. The summed E-state index contributed by atoms with van der Waals surface area (Å²) in [5, 5.41) is 13.6. The predicted molar refractivity (Wildman–Crippen MR) is 108 cm³/mol. The number of methoxy groups -OCH3 is 3. The Labute approximate surface area is 168 Å². The van der Waals surface area contributed by atoms with Crippen molar-refractivity contribution >= 4 is 23.1 Å². The van der Waals surface area contributed by atoms with Gasteiger partial charge in [-0.2, -0.15) is 0 Å². The standard InChI is InChI=1S/C19H26N4O4S/c1-5-16-21-22-18(28-16)12-6-8-23(9-7-12)19(24)20-13-10-14(25-2)17(27-4)15(11-13)26-3/h10-12H,5-9H2,1-4H3,(H,20,24). The van der Waals surface area contributed by atoms with E-state index in [2.05, 4.69) is 22.4 Å².